The number of rotatable bonds is 13. The molecule has 4 rings (SSSR count). The van der Waals surface area contributed by atoms with Crippen molar-refractivity contribution in [2.24, 2.45) is 12.8 Å². The number of nitrogens with one attached hydrogen (secondary N) is 2. The minimum Gasteiger partial charge on any atom is -0.406 e. The van der Waals surface area contributed by atoms with Gasteiger partial charge in [-0.25, -0.2) is 9.97 Å². The number of hydrogen-bond acceptors (Lipinski definition) is 9. The summed E-state index contributed by atoms with van der Waals surface area (Å²) in [5.74, 6) is -0.0337. The molecule has 4 aromatic rings. The van der Waals surface area contributed by atoms with Crippen molar-refractivity contribution in [3.63, 3.8) is 0 Å². The number of anilines is 2. The number of carbonyl (C=O) groups is 1. The lowest BCUT2D eigenvalue weighted by Gasteiger charge is -2.07. The van der Waals surface area contributed by atoms with Crippen molar-refractivity contribution in [3.05, 3.63) is 42.0 Å². The molecular formula is C27H35F3N6O4S. The van der Waals surface area contributed by atoms with Crippen molar-refractivity contribution < 1.29 is 32.9 Å². The molecule has 0 saturated heterocycles. The molecule has 0 bridgehead atoms. The number of aromatic nitrogens is 3. The Bertz CT molecular complexity index is 1410. The smallest absolute Gasteiger partial charge is 0.406 e. The Kier molecular flexibility index (Phi) is 12.1. The summed E-state index contributed by atoms with van der Waals surface area (Å²) in [6, 6.07) is 9.18. The predicted molar refractivity (Wildman–Crippen MR) is 154 cm³/mol. The highest BCUT2D eigenvalue weighted by atomic mass is 32.1. The number of unbranched alkanes of at least 4 members (excludes halogenated alkanes) is 4. The van der Waals surface area contributed by atoms with E-state index in [2.05, 4.69) is 25.3 Å². The molecule has 0 aliphatic heterocycles. The Morgan fingerprint density at radius 3 is 2.41 bits per heavy atom. The van der Waals surface area contributed by atoms with E-state index < -0.39 is 6.36 Å². The molecular weight excluding hydrogens is 561 g/mol. The molecule has 2 heterocycles. The van der Waals surface area contributed by atoms with Crippen LogP contribution in [-0.4, -0.2) is 63.3 Å². The van der Waals surface area contributed by atoms with Gasteiger partial charge in [-0.05, 0) is 75.4 Å². The van der Waals surface area contributed by atoms with E-state index in [1.165, 1.54) is 29.5 Å². The predicted octanol–water partition coefficient (Wildman–Crippen LogP) is 4.83. The molecule has 0 saturated carbocycles. The largest absolute Gasteiger partial charge is 0.573 e. The van der Waals surface area contributed by atoms with Gasteiger partial charge in [0.25, 0.3) is 5.91 Å². The third-order valence-corrected chi connectivity index (χ3v) is 6.87. The monoisotopic (exact) mass is 596 g/mol. The van der Waals surface area contributed by atoms with E-state index in [1.54, 1.807) is 29.8 Å². The van der Waals surface area contributed by atoms with E-state index in [0.717, 1.165) is 44.2 Å². The number of thiazole rings is 1. The summed E-state index contributed by atoms with van der Waals surface area (Å²) in [6.07, 6.45) is 0.585. The number of halogens is 3. The minimum atomic E-state index is -4.76. The lowest BCUT2D eigenvalue weighted by molar-refractivity contribution is -0.274. The fourth-order valence-electron chi connectivity index (χ4n) is 3.85. The maximum atomic E-state index is 12.5. The third kappa shape index (κ3) is 9.85. The highest BCUT2D eigenvalue weighted by molar-refractivity contribution is 7.22. The molecule has 0 aliphatic rings. The molecule has 1 amide bonds. The van der Waals surface area contributed by atoms with E-state index in [1.807, 2.05) is 0 Å². The number of nitrogens with two attached hydrogens (primary N) is 1. The maximum absolute atomic E-state index is 12.5. The van der Waals surface area contributed by atoms with Crippen LogP contribution in [0.2, 0.25) is 0 Å². The van der Waals surface area contributed by atoms with Gasteiger partial charge in [0, 0.05) is 38.4 Å². The molecule has 2 aromatic heterocycles. The zero-order valence-electron chi connectivity index (χ0n) is 22.7. The van der Waals surface area contributed by atoms with Crippen LogP contribution in [0, 0.1) is 0 Å². The Morgan fingerprint density at radius 2 is 1.73 bits per heavy atom. The van der Waals surface area contributed by atoms with Crippen LogP contribution < -0.4 is 21.1 Å². The molecule has 41 heavy (non-hydrogen) atoms. The Labute approximate surface area is 239 Å². The van der Waals surface area contributed by atoms with Crippen molar-refractivity contribution in [1.29, 1.82) is 0 Å². The van der Waals surface area contributed by atoms with Crippen molar-refractivity contribution in [3.8, 4) is 5.75 Å². The summed E-state index contributed by atoms with van der Waals surface area (Å²) >= 11 is 1.17. The number of carbonyl (C=O) groups excluding carboxylic acids is 1. The molecule has 0 aliphatic carbocycles. The first-order chi connectivity index (χ1) is 19.6. The standard InChI is InChI=1S/C22H22F3N5O3S.C5H13NO/c1-30-17-8-5-13(19(32)26-9-3-2-4-10-31)11-16(17)27-20(30)29-21-28-15-7-6-14(12-18(15)34-21)33-22(23,24)25;6-4-2-1-3-5-7/h5-8,11-12,31H,2-4,9-10H2,1H3,(H,26,32)(H,27,28,29);7H,1-6H2. The quantitative estimate of drug-likeness (QED) is 0.138. The summed E-state index contributed by atoms with van der Waals surface area (Å²) in [5.41, 5.74) is 7.60. The van der Waals surface area contributed by atoms with Gasteiger partial charge >= 0.3 is 6.36 Å². The van der Waals surface area contributed by atoms with Crippen LogP contribution in [0.1, 0.15) is 48.9 Å². The van der Waals surface area contributed by atoms with Crippen LogP contribution in [0.25, 0.3) is 21.3 Å². The van der Waals surface area contributed by atoms with Crippen LogP contribution in [0.4, 0.5) is 24.3 Å². The highest BCUT2D eigenvalue weighted by Gasteiger charge is 2.31. The van der Waals surface area contributed by atoms with Crippen LogP contribution >= 0.6 is 11.3 Å². The number of benzene rings is 2. The first-order valence-corrected chi connectivity index (χ1v) is 14.1. The summed E-state index contributed by atoms with van der Waals surface area (Å²) < 4.78 is 43.7. The summed E-state index contributed by atoms with van der Waals surface area (Å²) in [7, 11) is 1.81. The van der Waals surface area contributed by atoms with E-state index in [9.17, 15) is 18.0 Å². The SMILES string of the molecule is Cn1c(Nc2nc3ccc(OC(F)(F)F)cc3s2)nc2cc(C(=O)NCCCCCO)ccc21.NCCCCCO. The van der Waals surface area contributed by atoms with Crippen molar-refractivity contribution in [2.75, 3.05) is 31.6 Å². The fraction of sp³-hybridized carbons (Fsp3) is 0.444. The molecule has 0 unspecified atom stereocenters. The molecule has 2 aromatic carbocycles. The number of fused-ring (bicyclic) bond motifs is 2. The molecule has 6 N–H and O–H groups in total. The van der Waals surface area contributed by atoms with Crippen LogP contribution in [0.5, 0.6) is 5.75 Å². The first kappa shape index (κ1) is 32.1. The molecule has 0 atom stereocenters. The second-order valence-corrected chi connectivity index (χ2v) is 10.2. The number of aliphatic hydroxyl groups excluding tert-OH is 2. The Morgan fingerprint density at radius 1 is 1.00 bits per heavy atom. The van der Waals surface area contributed by atoms with Crippen molar-refractivity contribution in [1.82, 2.24) is 19.9 Å². The average molecular weight is 597 g/mol. The van der Waals surface area contributed by atoms with Crippen LogP contribution in [0.3, 0.4) is 0 Å². The zero-order valence-corrected chi connectivity index (χ0v) is 23.5. The lowest BCUT2D eigenvalue weighted by atomic mass is 10.2. The van der Waals surface area contributed by atoms with Gasteiger partial charge in [0.05, 0.1) is 21.3 Å². The van der Waals surface area contributed by atoms with E-state index in [4.69, 9.17) is 15.9 Å². The van der Waals surface area contributed by atoms with Gasteiger partial charge in [0.2, 0.25) is 5.95 Å². The van der Waals surface area contributed by atoms with Crippen LogP contribution in [0.15, 0.2) is 36.4 Å². The molecule has 0 fully saturated rings. The number of aliphatic hydroxyl groups is 2. The normalized spacial score (nSPS) is 11.4. The highest BCUT2D eigenvalue weighted by Crippen LogP contribution is 2.33. The lowest BCUT2D eigenvalue weighted by Crippen LogP contribution is -2.24. The van der Waals surface area contributed by atoms with E-state index >= 15 is 0 Å². The van der Waals surface area contributed by atoms with Crippen molar-refractivity contribution >= 4 is 49.6 Å². The number of amides is 1. The van der Waals surface area contributed by atoms with Gasteiger partial charge < -0.3 is 35.9 Å². The Hall–Kier alpha value is -3.46. The number of aryl methyl sites for hydroxylation is 1. The number of hydrogen-bond donors (Lipinski definition) is 5. The molecule has 0 spiro atoms. The zero-order chi connectivity index (χ0) is 29.8. The van der Waals surface area contributed by atoms with Gasteiger partial charge in [-0.3, -0.25) is 4.79 Å². The number of alkyl halides is 3. The molecule has 14 heteroatoms. The number of imidazole rings is 1. The number of ether oxygens (including phenoxy) is 1. The maximum Gasteiger partial charge on any atom is 0.573 e. The molecule has 0 radical (unpaired) electrons. The first-order valence-electron chi connectivity index (χ1n) is 13.2. The second kappa shape index (κ2) is 15.5. The topological polar surface area (TPSA) is 148 Å². The third-order valence-electron chi connectivity index (χ3n) is 5.94. The van der Waals surface area contributed by atoms with Gasteiger partial charge in [-0.15, -0.1) is 13.2 Å². The van der Waals surface area contributed by atoms with Gasteiger partial charge in [-0.1, -0.05) is 11.3 Å². The summed E-state index contributed by atoms with van der Waals surface area (Å²) in [5, 5.41) is 23.5. The molecule has 224 valence electrons. The average Bonchev–Trinajstić information content (AvgIpc) is 3.47. The van der Waals surface area contributed by atoms with Crippen LogP contribution in [-0.2, 0) is 7.05 Å². The summed E-state index contributed by atoms with van der Waals surface area (Å²) in [4.78, 5) is 21.4. The van der Waals surface area contributed by atoms with Crippen molar-refractivity contribution in [2.45, 2.75) is 44.9 Å². The Balaban J connectivity index is 0.000000587. The van der Waals surface area contributed by atoms with E-state index in [-0.39, 0.29) is 18.3 Å². The fourth-order valence-corrected chi connectivity index (χ4v) is 4.74. The molecule has 10 nitrogen and oxygen atoms in total. The number of nitrogens with zero attached hydrogens (tertiary/aromatic N) is 3. The minimum absolute atomic E-state index is 0.144. The van der Waals surface area contributed by atoms with Gasteiger partial charge in [0.15, 0.2) is 5.13 Å². The van der Waals surface area contributed by atoms with E-state index in [0.29, 0.717) is 51.9 Å². The van der Waals surface area contributed by atoms with Gasteiger partial charge in [0.1, 0.15) is 5.75 Å². The summed E-state index contributed by atoms with van der Waals surface area (Å²) in [6.45, 7) is 1.73. The second-order valence-electron chi connectivity index (χ2n) is 9.13. The van der Waals surface area contributed by atoms with Gasteiger partial charge in [-0.2, -0.15) is 0 Å².